The van der Waals surface area contributed by atoms with Crippen LogP contribution in [0.2, 0.25) is 0 Å². The highest BCUT2D eigenvalue weighted by molar-refractivity contribution is 5.53. The van der Waals surface area contributed by atoms with E-state index in [2.05, 4.69) is 5.32 Å². The molecule has 0 fully saturated rings. The smallest absolute Gasteiger partial charge is 0.271 e. The number of rotatable bonds is 6. The third-order valence-electron chi connectivity index (χ3n) is 2.92. The summed E-state index contributed by atoms with van der Waals surface area (Å²) in [5, 5.41) is 23.8. The van der Waals surface area contributed by atoms with Crippen LogP contribution in [0.5, 0.6) is 11.5 Å². The number of anilines is 1. The van der Waals surface area contributed by atoms with Gasteiger partial charge in [-0.1, -0.05) is 18.2 Å². The van der Waals surface area contributed by atoms with Gasteiger partial charge in [0.2, 0.25) is 0 Å². The monoisotopic (exact) mass is 288 g/mol. The second kappa shape index (κ2) is 6.60. The number of benzene rings is 2. The first-order chi connectivity index (χ1) is 10.1. The van der Waals surface area contributed by atoms with Gasteiger partial charge >= 0.3 is 0 Å². The van der Waals surface area contributed by atoms with E-state index >= 15 is 0 Å². The van der Waals surface area contributed by atoms with Crippen LogP contribution < -0.4 is 10.1 Å². The Morgan fingerprint density at radius 3 is 2.76 bits per heavy atom. The molecule has 2 aromatic rings. The van der Waals surface area contributed by atoms with E-state index in [1.165, 1.54) is 12.1 Å². The Bertz CT molecular complexity index is 643. The molecule has 2 N–H and O–H groups in total. The number of hydrogen-bond donors (Lipinski definition) is 2. The molecule has 0 radical (unpaired) electrons. The number of ether oxygens (including phenoxy) is 1. The van der Waals surface area contributed by atoms with Gasteiger partial charge in [-0.25, -0.2) is 0 Å². The molecule has 0 saturated carbocycles. The van der Waals surface area contributed by atoms with Gasteiger partial charge in [-0.3, -0.25) is 10.1 Å². The summed E-state index contributed by atoms with van der Waals surface area (Å²) in [6, 6.07) is 11.5. The largest absolute Gasteiger partial charge is 0.504 e. The zero-order valence-corrected chi connectivity index (χ0v) is 11.6. The predicted octanol–water partition coefficient (Wildman–Crippen LogP) is 3.31. The first-order valence-electron chi connectivity index (χ1n) is 6.53. The second-order valence-corrected chi connectivity index (χ2v) is 4.36. The van der Waals surface area contributed by atoms with Crippen molar-refractivity contribution in [2.75, 3.05) is 11.9 Å². The van der Waals surface area contributed by atoms with Gasteiger partial charge in [-0.2, -0.15) is 0 Å². The summed E-state index contributed by atoms with van der Waals surface area (Å²) in [7, 11) is 0. The molecule has 6 heteroatoms. The Kier molecular flexibility index (Phi) is 4.61. The van der Waals surface area contributed by atoms with Crippen molar-refractivity contribution in [2.24, 2.45) is 0 Å². The molecule has 0 amide bonds. The number of nitrogens with zero attached hydrogens (tertiary/aromatic N) is 1. The summed E-state index contributed by atoms with van der Waals surface area (Å²) < 4.78 is 5.31. The van der Waals surface area contributed by atoms with Crippen molar-refractivity contribution in [3.05, 3.63) is 58.1 Å². The topological polar surface area (TPSA) is 84.6 Å². The van der Waals surface area contributed by atoms with Crippen LogP contribution in [0.15, 0.2) is 42.5 Å². The summed E-state index contributed by atoms with van der Waals surface area (Å²) in [6.45, 7) is 2.65. The number of nitrogens with one attached hydrogen (secondary N) is 1. The SMILES string of the molecule is CCOc1cccc(CNc2cccc([N+](=O)[O-])c2)c1O. The van der Waals surface area contributed by atoms with Crippen LogP contribution in [0.1, 0.15) is 12.5 Å². The van der Waals surface area contributed by atoms with E-state index in [1.807, 2.05) is 6.92 Å². The normalized spacial score (nSPS) is 10.1. The lowest BCUT2D eigenvalue weighted by molar-refractivity contribution is -0.384. The number of phenols is 1. The lowest BCUT2D eigenvalue weighted by Crippen LogP contribution is -2.01. The van der Waals surface area contributed by atoms with Gasteiger partial charge < -0.3 is 15.2 Å². The maximum Gasteiger partial charge on any atom is 0.271 e. The Morgan fingerprint density at radius 1 is 1.29 bits per heavy atom. The van der Waals surface area contributed by atoms with E-state index < -0.39 is 4.92 Å². The first-order valence-corrected chi connectivity index (χ1v) is 6.53. The molecule has 0 saturated heterocycles. The van der Waals surface area contributed by atoms with E-state index in [0.29, 0.717) is 30.2 Å². The number of aromatic hydroxyl groups is 1. The molecule has 0 atom stereocenters. The molecule has 0 spiro atoms. The Morgan fingerprint density at radius 2 is 2.05 bits per heavy atom. The van der Waals surface area contributed by atoms with Crippen molar-refractivity contribution >= 4 is 11.4 Å². The lowest BCUT2D eigenvalue weighted by Gasteiger charge is -2.11. The minimum absolute atomic E-state index is 0.0206. The van der Waals surface area contributed by atoms with Crippen LogP contribution in [-0.4, -0.2) is 16.6 Å². The fraction of sp³-hybridized carbons (Fsp3) is 0.200. The van der Waals surface area contributed by atoms with E-state index in [9.17, 15) is 15.2 Å². The van der Waals surface area contributed by atoms with Crippen LogP contribution in [0.25, 0.3) is 0 Å². The highest BCUT2D eigenvalue weighted by atomic mass is 16.6. The van der Waals surface area contributed by atoms with E-state index in [1.54, 1.807) is 30.3 Å². The molecule has 2 rings (SSSR count). The predicted molar refractivity (Wildman–Crippen MR) is 79.7 cm³/mol. The lowest BCUT2D eigenvalue weighted by atomic mass is 10.1. The molecule has 0 bridgehead atoms. The van der Waals surface area contributed by atoms with Gasteiger partial charge in [0.05, 0.1) is 11.5 Å². The molecule has 0 heterocycles. The molecular formula is C15H16N2O4. The maximum absolute atomic E-state index is 10.7. The van der Waals surface area contributed by atoms with Crippen molar-refractivity contribution < 1.29 is 14.8 Å². The highest BCUT2D eigenvalue weighted by Gasteiger charge is 2.09. The van der Waals surface area contributed by atoms with Crippen molar-refractivity contribution in [2.45, 2.75) is 13.5 Å². The van der Waals surface area contributed by atoms with E-state index in [-0.39, 0.29) is 11.4 Å². The average molecular weight is 288 g/mol. The Hall–Kier alpha value is -2.76. The van der Waals surface area contributed by atoms with Crippen molar-refractivity contribution in [3.63, 3.8) is 0 Å². The molecule has 110 valence electrons. The fourth-order valence-electron chi connectivity index (χ4n) is 1.91. The molecule has 0 aliphatic carbocycles. The van der Waals surface area contributed by atoms with Gasteiger partial charge in [0.1, 0.15) is 0 Å². The van der Waals surface area contributed by atoms with Crippen molar-refractivity contribution in [3.8, 4) is 11.5 Å². The van der Waals surface area contributed by atoms with E-state index in [4.69, 9.17) is 4.74 Å². The number of phenolic OH excluding ortho intramolecular Hbond substituents is 1. The van der Waals surface area contributed by atoms with Crippen molar-refractivity contribution in [1.82, 2.24) is 0 Å². The van der Waals surface area contributed by atoms with Gasteiger partial charge in [0, 0.05) is 29.9 Å². The summed E-state index contributed by atoms with van der Waals surface area (Å²) >= 11 is 0. The molecular weight excluding hydrogens is 272 g/mol. The van der Waals surface area contributed by atoms with Crippen LogP contribution >= 0.6 is 0 Å². The summed E-state index contributed by atoms with van der Waals surface area (Å²) in [4.78, 5) is 10.3. The first kappa shape index (κ1) is 14.6. The molecule has 0 aromatic heterocycles. The van der Waals surface area contributed by atoms with E-state index in [0.717, 1.165) is 0 Å². The average Bonchev–Trinajstić information content (AvgIpc) is 2.48. The zero-order valence-electron chi connectivity index (χ0n) is 11.6. The number of para-hydroxylation sites is 1. The quantitative estimate of drug-likeness (QED) is 0.629. The maximum atomic E-state index is 10.7. The number of nitro benzene ring substituents is 1. The standard InChI is InChI=1S/C15H16N2O4/c1-2-21-14-8-3-5-11(15(14)18)10-16-12-6-4-7-13(9-12)17(19)20/h3-9,16,18H,2,10H2,1H3. The van der Waals surface area contributed by atoms with Crippen molar-refractivity contribution in [1.29, 1.82) is 0 Å². The minimum atomic E-state index is -0.446. The second-order valence-electron chi connectivity index (χ2n) is 4.36. The van der Waals surface area contributed by atoms with Gasteiger partial charge in [0.25, 0.3) is 5.69 Å². The van der Waals surface area contributed by atoms with Crippen LogP contribution in [0.4, 0.5) is 11.4 Å². The number of nitro groups is 1. The van der Waals surface area contributed by atoms with Gasteiger partial charge in [-0.15, -0.1) is 0 Å². The molecule has 0 aliphatic heterocycles. The van der Waals surface area contributed by atoms with Crippen LogP contribution in [0, 0.1) is 10.1 Å². The van der Waals surface area contributed by atoms with Crippen LogP contribution in [-0.2, 0) is 6.54 Å². The molecule has 6 nitrogen and oxygen atoms in total. The van der Waals surface area contributed by atoms with Gasteiger partial charge in [-0.05, 0) is 19.1 Å². The number of non-ortho nitro benzene ring substituents is 1. The third kappa shape index (κ3) is 3.62. The molecule has 21 heavy (non-hydrogen) atoms. The zero-order chi connectivity index (χ0) is 15.2. The minimum Gasteiger partial charge on any atom is -0.504 e. The fourth-order valence-corrected chi connectivity index (χ4v) is 1.91. The molecule has 0 unspecified atom stereocenters. The summed E-state index contributed by atoms with van der Waals surface area (Å²) in [5.41, 5.74) is 1.30. The summed E-state index contributed by atoms with van der Waals surface area (Å²) in [6.07, 6.45) is 0. The summed E-state index contributed by atoms with van der Waals surface area (Å²) in [5.74, 6) is 0.508. The van der Waals surface area contributed by atoms with Gasteiger partial charge in [0.15, 0.2) is 11.5 Å². The third-order valence-corrected chi connectivity index (χ3v) is 2.92. The Balaban J connectivity index is 2.11. The number of hydrogen-bond acceptors (Lipinski definition) is 5. The highest BCUT2D eigenvalue weighted by Crippen LogP contribution is 2.30. The Labute approximate surface area is 122 Å². The van der Waals surface area contributed by atoms with Crippen LogP contribution in [0.3, 0.4) is 0 Å². The molecule has 0 aliphatic rings. The molecule has 2 aromatic carbocycles.